The summed E-state index contributed by atoms with van der Waals surface area (Å²) in [6.45, 7) is 3.21. The molecule has 2 rings (SSSR count). The first-order chi connectivity index (χ1) is 8.29. The first kappa shape index (κ1) is 12.3. The minimum atomic E-state index is 0.353. The Balaban J connectivity index is 2.05. The van der Waals surface area contributed by atoms with E-state index in [-0.39, 0.29) is 0 Å². The largest absolute Gasteiger partial charge is 0.309 e. The molecule has 0 saturated heterocycles. The third kappa shape index (κ3) is 3.38. The van der Waals surface area contributed by atoms with Crippen molar-refractivity contribution in [1.29, 1.82) is 0 Å². The number of aryl methyl sites for hydroxylation is 1. The summed E-state index contributed by atoms with van der Waals surface area (Å²) in [4.78, 5) is 1.36. The molecule has 1 atom stereocenters. The van der Waals surface area contributed by atoms with Crippen molar-refractivity contribution in [3.8, 4) is 0 Å². The number of nitrogens with one attached hydrogen (secondary N) is 1. The molecule has 4 nitrogen and oxygen atoms in total. The van der Waals surface area contributed by atoms with Crippen LogP contribution in [0.25, 0.3) is 0 Å². The molecular weight excluding hydrogens is 232 g/mol. The summed E-state index contributed by atoms with van der Waals surface area (Å²) in [5.41, 5.74) is 1.04. The fourth-order valence-corrected chi connectivity index (χ4v) is 2.58. The maximum absolute atomic E-state index is 4.15. The van der Waals surface area contributed by atoms with Crippen molar-refractivity contribution in [2.75, 3.05) is 6.54 Å². The Kier molecular flexibility index (Phi) is 4.28. The van der Waals surface area contributed by atoms with E-state index in [1.54, 1.807) is 16.0 Å². The summed E-state index contributed by atoms with van der Waals surface area (Å²) in [6, 6.07) is 4.62. The zero-order valence-corrected chi connectivity index (χ0v) is 11.1. The van der Waals surface area contributed by atoms with Crippen LogP contribution < -0.4 is 5.32 Å². The Morgan fingerprint density at radius 1 is 1.53 bits per heavy atom. The van der Waals surface area contributed by atoms with Crippen LogP contribution in [-0.2, 0) is 13.5 Å². The Morgan fingerprint density at radius 2 is 2.41 bits per heavy atom. The van der Waals surface area contributed by atoms with Gasteiger partial charge in [-0.05, 0) is 24.4 Å². The molecule has 0 aliphatic carbocycles. The summed E-state index contributed by atoms with van der Waals surface area (Å²) < 4.78 is 1.75. The van der Waals surface area contributed by atoms with Crippen molar-refractivity contribution in [1.82, 2.24) is 20.3 Å². The number of rotatable bonds is 6. The summed E-state index contributed by atoms with van der Waals surface area (Å²) in [5, 5.41) is 13.8. The van der Waals surface area contributed by atoms with Crippen molar-refractivity contribution in [3.63, 3.8) is 0 Å². The summed E-state index contributed by atoms with van der Waals surface area (Å²) in [5.74, 6) is 0. The van der Waals surface area contributed by atoms with Crippen LogP contribution in [0.1, 0.15) is 30.0 Å². The van der Waals surface area contributed by atoms with Gasteiger partial charge >= 0.3 is 0 Å². The smallest absolute Gasteiger partial charge is 0.0846 e. The van der Waals surface area contributed by atoms with Crippen LogP contribution in [0.3, 0.4) is 0 Å². The summed E-state index contributed by atoms with van der Waals surface area (Å²) in [7, 11) is 1.90. The monoisotopic (exact) mass is 250 g/mol. The maximum atomic E-state index is 4.15. The molecule has 2 heterocycles. The van der Waals surface area contributed by atoms with E-state index < -0.39 is 0 Å². The average Bonchev–Trinajstić information content (AvgIpc) is 2.95. The molecule has 1 N–H and O–H groups in total. The quantitative estimate of drug-likeness (QED) is 0.854. The number of hydrogen-bond donors (Lipinski definition) is 1. The molecule has 0 radical (unpaired) electrons. The van der Waals surface area contributed by atoms with Crippen molar-refractivity contribution in [3.05, 3.63) is 34.3 Å². The van der Waals surface area contributed by atoms with Gasteiger partial charge in [-0.15, -0.1) is 16.4 Å². The van der Waals surface area contributed by atoms with Crippen molar-refractivity contribution >= 4 is 11.3 Å². The molecule has 0 amide bonds. The molecule has 0 aromatic carbocycles. The molecule has 0 spiro atoms. The molecule has 0 fully saturated rings. The van der Waals surface area contributed by atoms with Crippen LogP contribution in [0.5, 0.6) is 0 Å². The Morgan fingerprint density at radius 3 is 3.00 bits per heavy atom. The minimum absolute atomic E-state index is 0.353. The van der Waals surface area contributed by atoms with Crippen LogP contribution in [0.4, 0.5) is 0 Å². The summed E-state index contributed by atoms with van der Waals surface area (Å²) in [6.07, 6.45) is 4.02. The van der Waals surface area contributed by atoms with Crippen LogP contribution >= 0.6 is 11.3 Å². The Labute approximate surface area is 106 Å². The number of hydrogen-bond acceptors (Lipinski definition) is 4. The molecule has 0 aliphatic heterocycles. The molecule has 17 heavy (non-hydrogen) atoms. The van der Waals surface area contributed by atoms with Gasteiger partial charge in [0.25, 0.3) is 0 Å². The van der Waals surface area contributed by atoms with E-state index in [1.165, 1.54) is 4.88 Å². The highest BCUT2D eigenvalue weighted by atomic mass is 32.1. The average molecular weight is 250 g/mol. The lowest BCUT2D eigenvalue weighted by Gasteiger charge is -2.15. The second-order valence-corrected chi connectivity index (χ2v) is 5.09. The predicted molar refractivity (Wildman–Crippen MR) is 70.1 cm³/mol. The summed E-state index contributed by atoms with van der Waals surface area (Å²) >= 11 is 1.79. The molecule has 2 aromatic heterocycles. The van der Waals surface area contributed by atoms with Gasteiger partial charge in [0, 0.05) is 30.6 Å². The molecule has 2 aromatic rings. The molecule has 1 unspecified atom stereocenters. The van der Waals surface area contributed by atoms with Gasteiger partial charge < -0.3 is 5.32 Å². The van der Waals surface area contributed by atoms with Crippen LogP contribution in [0.15, 0.2) is 23.7 Å². The number of aromatic nitrogens is 3. The van der Waals surface area contributed by atoms with Gasteiger partial charge in [0.2, 0.25) is 0 Å². The van der Waals surface area contributed by atoms with Gasteiger partial charge in [-0.3, -0.25) is 4.68 Å². The van der Waals surface area contributed by atoms with Gasteiger partial charge in [0.05, 0.1) is 5.69 Å². The second-order valence-electron chi connectivity index (χ2n) is 4.11. The Bertz CT molecular complexity index is 435. The molecule has 0 bridgehead atoms. The predicted octanol–water partition coefficient (Wildman–Crippen LogP) is 2.16. The van der Waals surface area contributed by atoms with E-state index in [0.29, 0.717) is 6.04 Å². The van der Waals surface area contributed by atoms with Gasteiger partial charge in [-0.2, -0.15) is 0 Å². The van der Waals surface area contributed by atoms with Gasteiger partial charge in [-0.1, -0.05) is 18.2 Å². The fourth-order valence-electron chi connectivity index (χ4n) is 1.78. The van der Waals surface area contributed by atoms with Crippen molar-refractivity contribution in [2.24, 2.45) is 7.05 Å². The van der Waals surface area contributed by atoms with Crippen molar-refractivity contribution < 1.29 is 0 Å². The lowest BCUT2D eigenvalue weighted by Crippen LogP contribution is -2.23. The normalized spacial score (nSPS) is 12.8. The Hall–Kier alpha value is -1.20. The van der Waals surface area contributed by atoms with E-state index >= 15 is 0 Å². The molecular formula is C12H18N4S. The fraction of sp³-hybridized carbons (Fsp3) is 0.500. The van der Waals surface area contributed by atoms with E-state index in [9.17, 15) is 0 Å². The first-order valence-electron chi connectivity index (χ1n) is 5.91. The minimum Gasteiger partial charge on any atom is -0.309 e. The number of thiophene rings is 1. The maximum Gasteiger partial charge on any atom is 0.0846 e. The molecule has 0 aliphatic rings. The van der Waals surface area contributed by atoms with Crippen LogP contribution in [-0.4, -0.2) is 21.5 Å². The topological polar surface area (TPSA) is 42.7 Å². The zero-order chi connectivity index (χ0) is 12.1. The SMILES string of the molecule is CCCNC(Cc1cn(C)nn1)c1cccs1. The van der Waals surface area contributed by atoms with Gasteiger partial charge in [0.1, 0.15) is 0 Å². The second kappa shape index (κ2) is 5.93. The lowest BCUT2D eigenvalue weighted by molar-refractivity contribution is 0.531. The van der Waals surface area contributed by atoms with Gasteiger partial charge in [-0.25, -0.2) is 0 Å². The highest BCUT2D eigenvalue weighted by Gasteiger charge is 2.14. The highest BCUT2D eigenvalue weighted by molar-refractivity contribution is 7.10. The zero-order valence-electron chi connectivity index (χ0n) is 10.3. The molecule has 5 heteroatoms. The van der Waals surface area contributed by atoms with Gasteiger partial charge in [0.15, 0.2) is 0 Å². The van der Waals surface area contributed by atoms with E-state index in [2.05, 4.69) is 40.1 Å². The standard InChI is InChI=1S/C12H18N4S/c1-3-6-13-11(12-5-4-7-17-12)8-10-9-16(2)15-14-10/h4-5,7,9,11,13H,3,6,8H2,1-2H3. The van der Waals surface area contributed by atoms with E-state index in [4.69, 9.17) is 0 Å². The van der Waals surface area contributed by atoms with Crippen molar-refractivity contribution in [2.45, 2.75) is 25.8 Å². The molecule has 92 valence electrons. The van der Waals surface area contributed by atoms with E-state index in [0.717, 1.165) is 25.1 Å². The highest BCUT2D eigenvalue weighted by Crippen LogP contribution is 2.22. The van der Waals surface area contributed by atoms with E-state index in [1.807, 2.05) is 13.2 Å². The van der Waals surface area contributed by atoms with Crippen LogP contribution in [0.2, 0.25) is 0 Å². The third-order valence-corrected chi connectivity index (χ3v) is 3.58. The lowest BCUT2D eigenvalue weighted by atomic mass is 10.1. The third-order valence-electron chi connectivity index (χ3n) is 2.59. The number of nitrogens with zero attached hydrogens (tertiary/aromatic N) is 3. The molecule has 0 saturated carbocycles. The van der Waals surface area contributed by atoms with Crippen LogP contribution in [0, 0.1) is 0 Å². The first-order valence-corrected chi connectivity index (χ1v) is 6.79.